The van der Waals surface area contributed by atoms with E-state index in [0.717, 1.165) is 29.6 Å². The molecular formula is C11H18ClN3OS. The molecule has 17 heavy (non-hydrogen) atoms. The van der Waals surface area contributed by atoms with Gasteiger partial charge in [-0.15, -0.1) is 0 Å². The summed E-state index contributed by atoms with van der Waals surface area (Å²) in [6.07, 6.45) is 0. The Balaban J connectivity index is 2.18. The van der Waals surface area contributed by atoms with Crippen molar-refractivity contribution in [3.8, 4) is 0 Å². The van der Waals surface area contributed by atoms with Crippen LogP contribution in [-0.4, -0.2) is 47.2 Å². The summed E-state index contributed by atoms with van der Waals surface area (Å²) in [5.41, 5.74) is 0.135. The van der Waals surface area contributed by atoms with Crippen LogP contribution in [0, 0.1) is 0 Å². The van der Waals surface area contributed by atoms with Crippen LogP contribution in [0.5, 0.6) is 0 Å². The van der Waals surface area contributed by atoms with E-state index in [9.17, 15) is 0 Å². The molecular weight excluding hydrogens is 258 g/mol. The zero-order valence-corrected chi connectivity index (χ0v) is 12.0. The molecule has 0 saturated carbocycles. The molecule has 1 aliphatic rings. The highest BCUT2D eigenvalue weighted by Crippen LogP contribution is 2.32. The summed E-state index contributed by atoms with van der Waals surface area (Å²) >= 11 is 7.45. The van der Waals surface area contributed by atoms with Gasteiger partial charge in [-0.3, -0.25) is 4.90 Å². The number of anilines is 1. The second kappa shape index (κ2) is 4.72. The molecule has 0 bridgehead atoms. The molecule has 1 aromatic rings. The normalized spacial score (nSPS) is 20.9. The minimum Gasteiger partial charge on any atom is -0.391 e. The number of aliphatic hydroxyl groups excluding tert-OH is 1. The fraction of sp³-hybridized carbons (Fsp3) is 0.727. The highest BCUT2D eigenvalue weighted by atomic mass is 35.5. The van der Waals surface area contributed by atoms with Crippen LogP contribution in [0.4, 0.5) is 5.13 Å². The standard InChI is InChI=1S/C11H18ClN3OS/c1-11(2)7-15(5-4-14(11)3)10-13-9(12)8(6-16)17-10/h16H,4-7H2,1-3H3. The Hall–Kier alpha value is -0.360. The van der Waals surface area contributed by atoms with Crippen molar-refractivity contribution >= 4 is 28.1 Å². The molecule has 1 fully saturated rings. The van der Waals surface area contributed by atoms with E-state index in [0.29, 0.717) is 5.15 Å². The largest absolute Gasteiger partial charge is 0.391 e. The van der Waals surface area contributed by atoms with E-state index in [1.165, 1.54) is 11.3 Å². The highest BCUT2D eigenvalue weighted by molar-refractivity contribution is 7.16. The summed E-state index contributed by atoms with van der Waals surface area (Å²) in [6.45, 7) is 7.31. The fourth-order valence-electron chi connectivity index (χ4n) is 1.96. The Morgan fingerprint density at radius 2 is 2.18 bits per heavy atom. The lowest BCUT2D eigenvalue weighted by molar-refractivity contribution is 0.139. The molecule has 2 heterocycles. The van der Waals surface area contributed by atoms with Gasteiger partial charge in [0.2, 0.25) is 0 Å². The first-order valence-corrected chi connectivity index (χ1v) is 6.86. The van der Waals surface area contributed by atoms with Crippen molar-refractivity contribution in [2.45, 2.75) is 26.0 Å². The molecule has 1 aromatic heterocycles. The summed E-state index contributed by atoms with van der Waals surface area (Å²) in [4.78, 5) is 9.67. The molecule has 0 radical (unpaired) electrons. The number of aliphatic hydroxyl groups is 1. The summed E-state index contributed by atoms with van der Waals surface area (Å²) < 4.78 is 0. The average molecular weight is 276 g/mol. The third kappa shape index (κ3) is 2.57. The third-order valence-electron chi connectivity index (χ3n) is 3.37. The Morgan fingerprint density at radius 3 is 2.71 bits per heavy atom. The van der Waals surface area contributed by atoms with E-state index in [2.05, 4.69) is 35.7 Å². The van der Waals surface area contributed by atoms with Gasteiger partial charge in [-0.1, -0.05) is 22.9 Å². The second-order valence-electron chi connectivity index (χ2n) is 5.02. The Bertz CT molecular complexity index is 407. The predicted octanol–water partition coefficient (Wildman–Crippen LogP) is 1.82. The Labute approximate surface area is 111 Å². The summed E-state index contributed by atoms with van der Waals surface area (Å²) in [6, 6.07) is 0. The summed E-state index contributed by atoms with van der Waals surface area (Å²) in [5, 5.41) is 10.5. The monoisotopic (exact) mass is 275 g/mol. The lowest BCUT2D eigenvalue weighted by Gasteiger charge is -2.45. The van der Waals surface area contributed by atoms with Crippen molar-refractivity contribution in [2.24, 2.45) is 0 Å². The van der Waals surface area contributed by atoms with Gasteiger partial charge in [0.05, 0.1) is 11.5 Å². The third-order valence-corrected chi connectivity index (χ3v) is 4.89. The number of thiazole rings is 1. The van der Waals surface area contributed by atoms with Gasteiger partial charge in [0, 0.05) is 25.2 Å². The van der Waals surface area contributed by atoms with Crippen molar-refractivity contribution < 1.29 is 5.11 Å². The maximum absolute atomic E-state index is 9.13. The molecule has 0 unspecified atom stereocenters. The zero-order valence-electron chi connectivity index (χ0n) is 10.4. The van der Waals surface area contributed by atoms with Crippen LogP contribution in [0.25, 0.3) is 0 Å². The van der Waals surface area contributed by atoms with Crippen LogP contribution in [0.1, 0.15) is 18.7 Å². The smallest absolute Gasteiger partial charge is 0.187 e. The number of rotatable bonds is 2. The first-order valence-electron chi connectivity index (χ1n) is 5.66. The van der Waals surface area contributed by atoms with E-state index in [4.69, 9.17) is 16.7 Å². The molecule has 0 aliphatic carbocycles. The average Bonchev–Trinajstić information content (AvgIpc) is 2.63. The summed E-state index contributed by atoms with van der Waals surface area (Å²) in [5.74, 6) is 0. The first kappa shape index (κ1) is 13.1. The van der Waals surface area contributed by atoms with Crippen molar-refractivity contribution in [2.75, 3.05) is 31.6 Å². The van der Waals surface area contributed by atoms with E-state index in [-0.39, 0.29) is 12.1 Å². The van der Waals surface area contributed by atoms with Gasteiger partial charge in [-0.2, -0.15) is 0 Å². The van der Waals surface area contributed by atoms with Gasteiger partial charge in [0.15, 0.2) is 5.13 Å². The lowest BCUT2D eigenvalue weighted by Crippen LogP contribution is -2.57. The molecule has 0 atom stereocenters. The SMILES string of the molecule is CN1CCN(c2nc(Cl)c(CO)s2)CC1(C)C. The number of hydrogen-bond donors (Lipinski definition) is 1. The molecule has 4 nitrogen and oxygen atoms in total. The van der Waals surface area contributed by atoms with Crippen molar-refractivity contribution in [3.05, 3.63) is 10.0 Å². The minimum absolute atomic E-state index is 0.0341. The van der Waals surface area contributed by atoms with Crippen LogP contribution in [0.2, 0.25) is 5.15 Å². The van der Waals surface area contributed by atoms with Gasteiger partial charge in [-0.25, -0.2) is 4.98 Å². The molecule has 0 amide bonds. The molecule has 0 spiro atoms. The lowest BCUT2D eigenvalue weighted by atomic mass is 10.0. The van der Waals surface area contributed by atoms with Crippen LogP contribution in [-0.2, 0) is 6.61 Å². The molecule has 1 saturated heterocycles. The number of nitrogens with zero attached hydrogens (tertiary/aromatic N) is 3. The predicted molar refractivity (Wildman–Crippen MR) is 72.0 cm³/mol. The number of aromatic nitrogens is 1. The number of halogens is 1. The molecule has 1 aliphatic heterocycles. The number of hydrogen-bond acceptors (Lipinski definition) is 5. The van der Waals surface area contributed by atoms with E-state index in [1.807, 2.05) is 0 Å². The highest BCUT2D eigenvalue weighted by Gasteiger charge is 2.32. The van der Waals surface area contributed by atoms with Gasteiger partial charge in [0.25, 0.3) is 0 Å². The molecule has 96 valence electrons. The van der Waals surface area contributed by atoms with Crippen LogP contribution in [0.3, 0.4) is 0 Å². The van der Waals surface area contributed by atoms with E-state index >= 15 is 0 Å². The Kier molecular flexibility index (Phi) is 3.63. The summed E-state index contributed by atoms with van der Waals surface area (Å²) in [7, 11) is 2.14. The van der Waals surface area contributed by atoms with Gasteiger partial charge < -0.3 is 10.0 Å². The van der Waals surface area contributed by atoms with Crippen LogP contribution in [0.15, 0.2) is 0 Å². The van der Waals surface area contributed by atoms with Gasteiger partial charge in [0.1, 0.15) is 5.15 Å². The first-order chi connectivity index (χ1) is 7.94. The second-order valence-corrected chi connectivity index (χ2v) is 6.44. The van der Waals surface area contributed by atoms with E-state index in [1.54, 1.807) is 0 Å². The van der Waals surface area contributed by atoms with Crippen molar-refractivity contribution in [1.82, 2.24) is 9.88 Å². The van der Waals surface area contributed by atoms with Gasteiger partial charge in [-0.05, 0) is 20.9 Å². The zero-order chi connectivity index (χ0) is 12.6. The number of piperazine rings is 1. The maximum Gasteiger partial charge on any atom is 0.187 e. The van der Waals surface area contributed by atoms with Crippen LogP contribution < -0.4 is 4.90 Å². The van der Waals surface area contributed by atoms with Crippen molar-refractivity contribution in [1.29, 1.82) is 0 Å². The molecule has 1 N–H and O–H groups in total. The molecule has 6 heteroatoms. The maximum atomic E-state index is 9.13. The molecule has 2 rings (SSSR count). The Morgan fingerprint density at radius 1 is 1.47 bits per heavy atom. The topological polar surface area (TPSA) is 39.6 Å². The molecule has 0 aromatic carbocycles. The fourth-order valence-corrected chi connectivity index (χ4v) is 3.10. The van der Waals surface area contributed by atoms with E-state index < -0.39 is 0 Å². The number of likely N-dealkylation sites (N-methyl/N-ethyl adjacent to an activating group) is 1. The van der Waals surface area contributed by atoms with Crippen LogP contribution >= 0.6 is 22.9 Å². The van der Waals surface area contributed by atoms with Gasteiger partial charge >= 0.3 is 0 Å². The van der Waals surface area contributed by atoms with Crippen molar-refractivity contribution in [3.63, 3.8) is 0 Å². The quantitative estimate of drug-likeness (QED) is 0.894. The minimum atomic E-state index is -0.0341.